The van der Waals surface area contributed by atoms with Gasteiger partial charge in [0.2, 0.25) is 0 Å². The van der Waals surface area contributed by atoms with Crippen molar-refractivity contribution in [2.24, 2.45) is 0 Å². The van der Waals surface area contributed by atoms with Crippen LogP contribution in [0.4, 0.5) is 13.2 Å². The van der Waals surface area contributed by atoms with Gasteiger partial charge >= 0.3 is 6.18 Å². The molecule has 0 saturated heterocycles. The molecule has 34 heavy (non-hydrogen) atoms. The third-order valence-electron chi connectivity index (χ3n) is 6.12. The van der Waals surface area contributed by atoms with Crippen molar-refractivity contribution in [2.75, 3.05) is 0 Å². The van der Waals surface area contributed by atoms with Crippen molar-refractivity contribution in [1.29, 1.82) is 0 Å². The van der Waals surface area contributed by atoms with Crippen LogP contribution in [0.2, 0.25) is 0 Å². The van der Waals surface area contributed by atoms with Gasteiger partial charge in [0, 0.05) is 6.20 Å². The fourth-order valence-corrected chi connectivity index (χ4v) is 5.16. The van der Waals surface area contributed by atoms with Crippen molar-refractivity contribution in [3.8, 4) is 5.69 Å². The summed E-state index contributed by atoms with van der Waals surface area (Å²) in [6.07, 6.45) is -1.52. The monoisotopic (exact) mass is 487 g/mol. The summed E-state index contributed by atoms with van der Waals surface area (Å²) in [5.41, 5.74) is 3.20. The average molecular weight is 488 g/mol. The Hall–Kier alpha value is -3.10. The van der Waals surface area contributed by atoms with Crippen LogP contribution in [0.5, 0.6) is 0 Å². The molecule has 4 rings (SSSR count). The minimum atomic E-state index is -4.48. The first kappa shape index (κ1) is 24.0. The number of aryl methyl sites for hydroxylation is 3. The lowest BCUT2D eigenvalue weighted by atomic mass is 9.99. The molecule has 0 atom stereocenters. The standard InChI is InChI=1S/C26H24F3NO3S/c1-3-21-17(2)8-13-24(34(31,32)33)25(21)30-15-14-20-12-10-18(16-23(20)30)9-11-19-6-4-5-7-22(19)26(27,28)29/h4-8,10,12-16H,3,9,11H2,1-2H3,(H,31,32,33). The maximum atomic E-state index is 13.3. The molecule has 4 nitrogen and oxygen atoms in total. The summed E-state index contributed by atoms with van der Waals surface area (Å²) < 4.78 is 76.0. The highest BCUT2D eigenvalue weighted by Gasteiger charge is 2.32. The Labute approximate surface area is 196 Å². The van der Waals surface area contributed by atoms with E-state index in [1.165, 1.54) is 18.2 Å². The highest BCUT2D eigenvalue weighted by Crippen LogP contribution is 2.34. The van der Waals surface area contributed by atoms with Gasteiger partial charge in [0.15, 0.2) is 0 Å². The van der Waals surface area contributed by atoms with Crippen molar-refractivity contribution in [2.45, 2.75) is 44.2 Å². The summed E-state index contributed by atoms with van der Waals surface area (Å²) in [6.45, 7) is 3.79. The quantitative estimate of drug-likeness (QED) is 0.314. The molecule has 0 aliphatic carbocycles. The largest absolute Gasteiger partial charge is 0.416 e. The highest BCUT2D eigenvalue weighted by atomic mass is 32.2. The number of nitrogens with zero attached hydrogens (tertiary/aromatic N) is 1. The topological polar surface area (TPSA) is 59.3 Å². The first-order valence-electron chi connectivity index (χ1n) is 10.9. The predicted octanol–water partition coefficient (Wildman–Crippen LogP) is 6.55. The van der Waals surface area contributed by atoms with Crippen LogP contribution >= 0.6 is 0 Å². The molecular formula is C26H24F3NO3S. The average Bonchev–Trinajstić information content (AvgIpc) is 3.19. The van der Waals surface area contributed by atoms with Gasteiger partial charge in [0.1, 0.15) is 4.90 Å². The van der Waals surface area contributed by atoms with Crippen molar-refractivity contribution >= 4 is 21.0 Å². The third kappa shape index (κ3) is 4.60. The van der Waals surface area contributed by atoms with Crippen LogP contribution in [0.15, 0.2) is 71.8 Å². The van der Waals surface area contributed by atoms with E-state index in [1.807, 2.05) is 38.1 Å². The van der Waals surface area contributed by atoms with Crippen molar-refractivity contribution in [3.05, 3.63) is 94.7 Å². The molecule has 3 aromatic carbocycles. The second-order valence-electron chi connectivity index (χ2n) is 8.27. The van der Waals surface area contributed by atoms with Crippen molar-refractivity contribution < 1.29 is 26.1 Å². The van der Waals surface area contributed by atoms with E-state index >= 15 is 0 Å². The number of rotatable bonds is 6. The molecule has 0 bridgehead atoms. The van der Waals surface area contributed by atoms with Gasteiger partial charge < -0.3 is 4.57 Å². The van der Waals surface area contributed by atoms with Gasteiger partial charge in [-0.1, -0.05) is 43.3 Å². The minimum Gasteiger partial charge on any atom is -0.315 e. The lowest BCUT2D eigenvalue weighted by molar-refractivity contribution is -0.138. The van der Waals surface area contributed by atoms with Crippen LogP contribution < -0.4 is 0 Å². The van der Waals surface area contributed by atoms with Gasteiger partial charge in [-0.05, 0) is 78.1 Å². The van der Waals surface area contributed by atoms with E-state index in [9.17, 15) is 26.1 Å². The molecule has 178 valence electrons. The Bertz CT molecular complexity index is 1470. The molecule has 0 unspecified atom stereocenters. The summed E-state index contributed by atoms with van der Waals surface area (Å²) in [4.78, 5) is -0.183. The molecule has 0 fully saturated rings. The number of benzene rings is 3. The Morgan fingerprint density at radius 1 is 0.971 bits per heavy atom. The molecular weight excluding hydrogens is 463 g/mol. The van der Waals surface area contributed by atoms with Crippen molar-refractivity contribution in [1.82, 2.24) is 4.57 Å². The molecule has 1 N–H and O–H groups in total. The number of aromatic nitrogens is 1. The number of hydrogen-bond acceptors (Lipinski definition) is 2. The van der Waals surface area contributed by atoms with Gasteiger partial charge in [-0.15, -0.1) is 0 Å². The molecule has 8 heteroatoms. The zero-order valence-electron chi connectivity index (χ0n) is 18.7. The van der Waals surface area contributed by atoms with Crippen LogP contribution in [-0.4, -0.2) is 17.5 Å². The molecule has 0 aliphatic rings. The molecule has 4 aromatic rings. The zero-order chi connectivity index (χ0) is 24.7. The number of alkyl halides is 3. The molecule has 0 spiro atoms. The van der Waals surface area contributed by atoms with Crippen LogP contribution in [0, 0.1) is 6.92 Å². The summed E-state index contributed by atoms with van der Waals surface area (Å²) in [5.74, 6) is 0. The van der Waals surface area contributed by atoms with Crippen LogP contribution in [0.3, 0.4) is 0 Å². The molecule has 1 aromatic heterocycles. The molecule has 0 saturated carbocycles. The summed E-state index contributed by atoms with van der Waals surface area (Å²) in [5, 5.41) is 0.851. The van der Waals surface area contributed by atoms with E-state index < -0.39 is 21.9 Å². The Morgan fingerprint density at radius 2 is 1.71 bits per heavy atom. The lowest BCUT2D eigenvalue weighted by Crippen LogP contribution is -2.10. The molecule has 0 radical (unpaired) electrons. The zero-order valence-corrected chi connectivity index (χ0v) is 19.5. The van der Waals surface area contributed by atoms with E-state index in [-0.39, 0.29) is 16.9 Å². The number of hydrogen-bond donors (Lipinski definition) is 1. The van der Waals surface area contributed by atoms with Gasteiger partial charge in [-0.3, -0.25) is 4.55 Å². The third-order valence-corrected chi connectivity index (χ3v) is 7.00. The maximum absolute atomic E-state index is 13.3. The van der Waals surface area contributed by atoms with E-state index in [4.69, 9.17) is 0 Å². The number of fused-ring (bicyclic) bond motifs is 1. The van der Waals surface area contributed by atoms with E-state index in [1.54, 1.807) is 22.9 Å². The van der Waals surface area contributed by atoms with Gasteiger partial charge in [-0.25, -0.2) is 0 Å². The Balaban J connectivity index is 1.79. The van der Waals surface area contributed by atoms with Gasteiger partial charge in [-0.2, -0.15) is 21.6 Å². The smallest absolute Gasteiger partial charge is 0.315 e. The summed E-state index contributed by atoms with van der Waals surface area (Å²) in [7, 11) is -4.48. The normalized spacial score (nSPS) is 12.4. The van der Waals surface area contributed by atoms with Crippen LogP contribution in [-0.2, 0) is 35.6 Å². The fourth-order valence-electron chi connectivity index (χ4n) is 4.45. The minimum absolute atomic E-state index is 0.183. The van der Waals surface area contributed by atoms with Gasteiger partial charge in [0.05, 0.1) is 16.8 Å². The summed E-state index contributed by atoms with van der Waals surface area (Å²) >= 11 is 0. The molecule has 1 heterocycles. The Morgan fingerprint density at radius 3 is 2.38 bits per heavy atom. The second kappa shape index (κ2) is 8.92. The highest BCUT2D eigenvalue weighted by molar-refractivity contribution is 7.86. The van der Waals surface area contributed by atoms with Crippen LogP contribution in [0.1, 0.15) is 34.7 Å². The fraction of sp³-hybridized carbons (Fsp3) is 0.231. The maximum Gasteiger partial charge on any atom is 0.416 e. The summed E-state index contributed by atoms with van der Waals surface area (Å²) in [6, 6.07) is 16.0. The SMILES string of the molecule is CCc1c(C)ccc(S(=O)(=O)O)c1-n1ccc2ccc(CCc3ccccc3C(F)(F)F)cc21. The first-order chi connectivity index (χ1) is 16.0. The second-order valence-corrected chi connectivity index (χ2v) is 9.66. The Kier molecular flexibility index (Phi) is 6.31. The molecule has 0 amide bonds. The first-order valence-corrected chi connectivity index (χ1v) is 12.3. The van der Waals surface area contributed by atoms with Gasteiger partial charge in [0.25, 0.3) is 10.1 Å². The van der Waals surface area contributed by atoms with Crippen molar-refractivity contribution in [3.63, 3.8) is 0 Å². The molecule has 0 aliphatic heterocycles. The van der Waals surface area contributed by atoms with E-state index in [2.05, 4.69) is 0 Å². The van der Waals surface area contributed by atoms with E-state index in [0.717, 1.165) is 28.1 Å². The lowest BCUT2D eigenvalue weighted by Gasteiger charge is -2.17. The van der Waals surface area contributed by atoms with E-state index in [0.29, 0.717) is 24.0 Å². The predicted molar refractivity (Wildman–Crippen MR) is 126 cm³/mol. The number of halogens is 3. The van der Waals surface area contributed by atoms with Crippen LogP contribution in [0.25, 0.3) is 16.6 Å².